The highest BCUT2D eigenvalue weighted by Crippen LogP contribution is 2.21. The van der Waals surface area contributed by atoms with Gasteiger partial charge in [-0.05, 0) is 25.1 Å². The van der Waals surface area contributed by atoms with Crippen LogP contribution in [0.5, 0.6) is 0 Å². The molecule has 1 aromatic carbocycles. The Morgan fingerprint density at radius 2 is 1.95 bits per heavy atom. The Labute approximate surface area is 112 Å². The topological polar surface area (TPSA) is 68.0 Å². The first-order chi connectivity index (χ1) is 9.40. The van der Waals surface area contributed by atoms with Gasteiger partial charge in [-0.3, -0.25) is 9.78 Å². The summed E-state index contributed by atoms with van der Waals surface area (Å²) in [5.74, 6) is -5.23. The lowest BCUT2D eigenvalue weighted by Crippen LogP contribution is -2.16. The Hall–Kier alpha value is -2.57. The zero-order valence-corrected chi connectivity index (χ0v) is 10.4. The van der Waals surface area contributed by atoms with Gasteiger partial charge in [0, 0.05) is 17.6 Å². The van der Waals surface area contributed by atoms with Gasteiger partial charge in [-0.25, -0.2) is 13.2 Å². The van der Waals surface area contributed by atoms with Gasteiger partial charge in [-0.1, -0.05) is 0 Å². The molecule has 1 amide bonds. The molecule has 0 atom stereocenters. The fourth-order valence-corrected chi connectivity index (χ4v) is 1.58. The highest BCUT2D eigenvalue weighted by Gasteiger charge is 2.17. The minimum absolute atomic E-state index is 0.0136. The standard InChI is InChI=1S/C13H10F3N3O/c1-6-4-9(17)7(5-18-6)13(20)19-10-3-2-8(14)11(15)12(10)16/h2-5H,1H3,(H2,17,18)(H,19,20). The van der Waals surface area contributed by atoms with Crippen molar-refractivity contribution in [2.45, 2.75) is 6.92 Å². The minimum atomic E-state index is -1.65. The molecule has 3 N–H and O–H groups in total. The summed E-state index contributed by atoms with van der Waals surface area (Å²) < 4.78 is 39.2. The summed E-state index contributed by atoms with van der Waals surface area (Å²) in [7, 11) is 0. The molecule has 0 saturated heterocycles. The van der Waals surface area contributed by atoms with E-state index < -0.39 is 29.0 Å². The predicted molar refractivity (Wildman–Crippen MR) is 67.7 cm³/mol. The molecule has 7 heteroatoms. The summed E-state index contributed by atoms with van der Waals surface area (Å²) in [6, 6.07) is 3.10. The summed E-state index contributed by atoms with van der Waals surface area (Å²) in [4.78, 5) is 15.8. The lowest BCUT2D eigenvalue weighted by molar-refractivity contribution is 0.102. The molecule has 0 radical (unpaired) electrons. The van der Waals surface area contributed by atoms with Crippen molar-refractivity contribution >= 4 is 17.3 Å². The molecule has 0 aliphatic heterocycles. The number of halogens is 3. The second-order valence-corrected chi connectivity index (χ2v) is 4.09. The molecule has 0 fully saturated rings. The molecular weight excluding hydrogens is 271 g/mol. The van der Waals surface area contributed by atoms with Crippen molar-refractivity contribution in [2.24, 2.45) is 0 Å². The summed E-state index contributed by atoms with van der Waals surface area (Å²) in [5, 5.41) is 2.11. The summed E-state index contributed by atoms with van der Waals surface area (Å²) in [6.07, 6.45) is 1.22. The molecule has 0 aliphatic rings. The number of benzene rings is 1. The number of nitrogen functional groups attached to an aromatic ring is 1. The van der Waals surface area contributed by atoms with Crippen LogP contribution in [0.15, 0.2) is 24.4 Å². The Bertz CT molecular complexity index is 689. The van der Waals surface area contributed by atoms with Crippen molar-refractivity contribution in [3.8, 4) is 0 Å². The number of hydrogen-bond acceptors (Lipinski definition) is 3. The number of carbonyl (C=O) groups excluding carboxylic acids is 1. The number of amides is 1. The van der Waals surface area contributed by atoms with E-state index in [4.69, 9.17) is 5.73 Å². The Kier molecular flexibility index (Phi) is 3.60. The van der Waals surface area contributed by atoms with Crippen LogP contribution in [-0.2, 0) is 0 Å². The van der Waals surface area contributed by atoms with Gasteiger partial charge in [0.15, 0.2) is 17.5 Å². The maximum absolute atomic E-state index is 13.4. The number of hydrogen-bond donors (Lipinski definition) is 2. The molecular formula is C13H10F3N3O. The van der Waals surface area contributed by atoms with Gasteiger partial charge >= 0.3 is 0 Å². The maximum Gasteiger partial charge on any atom is 0.259 e. The monoisotopic (exact) mass is 281 g/mol. The molecule has 1 aromatic heterocycles. The van der Waals surface area contributed by atoms with Gasteiger partial charge in [0.25, 0.3) is 5.91 Å². The van der Waals surface area contributed by atoms with Crippen LogP contribution >= 0.6 is 0 Å². The zero-order chi connectivity index (χ0) is 14.9. The molecule has 2 aromatic rings. The molecule has 0 saturated carbocycles. The number of nitrogens with zero attached hydrogens (tertiary/aromatic N) is 1. The molecule has 0 aliphatic carbocycles. The van der Waals surface area contributed by atoms with Gasteiger partial charge in [0.1, 0.15) is 0 Å². The highest BCUT2D eigenvalue weighted by molar-refractivity contribution is 6.07. The average molecular weight is 281 g/mol. The molecule has 104 valence electrons. The van der Waals surface area contributed by atoms with Crippen LogP contribution in [0.3, 0.4) is 0 Å². The van der Waals surface area contributed by atoms with Crippen molar-refractivity contribution in [3.63, 3.8) is 0 Å². The van der Waals surface area contributed by atoms with E-state index >= 15 is 0 Å². The van der Waals surface area contributed by atoms with Crippen LogP contribution in [0, 0.1) is 24.4 Å². The van der Waals surface area contributed by atoms with E-state index in [1.54, 1.807) is 6.92 Å². The van der Waals surface area contributed by atoms with E-state index in [2.05, 4.69) is 10.3 Å². The first-order valence-corrected chi connectivity index (χ1v) is 5.57. The lowest BCUT2D eigenvalue weighted by atomic mass is 10.2. The van der Waals surface area contributed by atoms with Gasteiger partial charge in [0.2, 0.25) is 0 Å². The number of carbonyl (C=O) groups is 1. The van der Waals surface area contributed by atoms with Crippen LogP contribution in [0.2, 0.25) is 0 Å². The second kappa shape index (κ2) is 5.20. The van der Waals surface area contributed by atoms with Crippen LogP contribution in [0.25, 0.3) is 0 Å². The fraction of sp³-hybridized carbons (Fsp3) is 0.0769. The lowest BCUT2D eigenvalue weighted by Gasteiger charge is -2.09. The van der Waals surface area contributed by atoms with E-state index in [1.165, 1.54) is 12.3 Å². The number of nitrogens with one attached hydrogen (secondary N) is 1. The van der Waals surface area contributed by atoms with Crippen molar-refractivity contribution < 1.29 is 18.0 Å². The van der Waals surface area contributed by atoms with E-state index in [-0.39, 0.29) is 11.3 Å². The Morgan fingerprint density at radius 3 is 2.60 bits per heavy atom. The molecule has 0 unspecified atom stereocenters. The van der Waals surface area contributed by atoms with E-state index in [9.17, 15) is 18.0 Å². The molecule has 20 heavy (non-hydrogen) atoms. The highest BCUT2D eigenvalue weighted by atomic mass is 19.2. The number of pyridine rings is 1. The summed E-state index contributed by atoms with van der Waals surface area (Å²) in [5.41, 5.74) is 5.94. The van der Waals surface area contributed by atoms with Gasteiger partial charge in [-0.2, -0.15) is 0 Å². The van der Waals surface area contributed by atoms with Crippen LogP contribution in [0.1, 0.15) is 16.1 Å². The maximum atomic E-state index is 13.4. The van der Waals surface area contributed by atoms with Gasteiger partial charge in [0.05, 0.1) is 11.3 Å². The first kappa shape index (κ1) is 13.9. The summed E-state index contributed by atoms with van der Waals surface area (Å²) in [6.45, 7) is 1.69. The third-order valence-corrected chi connectivity index (χ3v) is 2.60. The average Bonchev–Trinajstić information content (AvgIpc) is 2.39. The number of aryl methyl sites for hydroxylation is 1. The first-order valence-electron chi connectivity index (χ1n) is 5.57. The number of aromatic nitrogens is 1. The SMILES string of the molecule is Cc1cc(N)c(C(=O)Nc2ccc(F)c(F)c2F)cn1. The van der Waals surface area contributed by atoms with Crippen LogP contribution < -0.4 is 11.1 Å². The van der Waals surface area contributed by atoms with Crippen LogP contribution in [-0.4, -0.2) is 10.9 Å². The molecule has 1 heterocycles. The Balaban J connectivity index is 2.30. The van der Waals surface area contributed by atoms with Crippen LogP contribution in [0.4, 0.5) is 24.5 Å². The predicted octanol–water partition coefficient (Wildman–Crippen LogP) is 2.64. The Morgan fingerprint density at radius 1 is 1.25 bits per heavy atom. The van der Waals surface area contributed by atoms with E-state index in [0.717, 1.165) is 6.07 Å². The number of anilines is 2. The van der Waals surface area contributed by atoms with Crippen molar-refractivity contribution in [1.29, 1.82) is 0 Å². The number of nitrogens with two attached hydrogens (primary N) is 1. The molecule has 0 spiro atoms. The van der Waals surface area contributed by atoms with E-state index in [1.807, 2.05) is 0 Å². The molecule has 0 bridgehead atoms. The smallest absolute Gasteiger partial charge is 0.259 e. The van der Waals surface area contributed by atoms with Crippen molar-refractivity contribution in [1.82, 2.24) is 4.98 Å². The van der Waals surface area contributed by atoms with Crippen molar-refractivity contribution in [3.05, 3.63) is 53.1 Å². The normalized spacial score (nSPS) is 10.4. The molecule has 4 nitrogen and oxygen atoms in total. The zero-order valence-electron chi connectivity index (χ0n) is 10.4. The second-order valence-electron chi connectivity index (χ2n) is 4.09. The number of rotatable bonds is 2. The summed E-state index contributed by atoms with van der Waals surface area (Å²) >= 11 is 0. The van der Waals surface area contributed by atoms with E-state index in [0.29, 0.717) is 11.8 Å². The quantitative estimate of drug-likeness (QED) is 0.831. The third kappa shape index (κ3) is 2.56. The largest absolute Gasteiger partial charge is 0.398 e. The fourth-order valence-electron chi connectivity index (χ4n) is 1.58. The third-order valence-electron chi connectivity index (χ3n) is 2.60. The minimum Gasteiger partial charge on any atom is -0.398 e. The molecule has 2 rings (SSSR count). The van der Waals surface area contributed by atoms with Gasteiger partial charge in [-0.15, -0.1) is 0 Å². The van der Waals surface area contributed by atoms with Crippen molar-refractivity contribution in [2.75, 3.05) is 11.1 Å². The van der Waals surface area contributed by atoms with Gasteiger partial charge < -0.3 is 11.1 Å².